The van der Waals surface area contributed by atoms with Gasteiger partial charge in [-0.05, 0) is 36.8 Å². The summed E-state index contributed by atoms with van der Waals surface area (Å²) in [5.74, 6) is 0.816. The maximum Gasteiger partial charge on any atom is 0.238 e. The molecule has 2 fully saturated rings. The van der Waals surface area contributed by atoms with E-state index in [1.54, 1.807) is 4.90 Å². The third-order valence-corrected chi connectivity index (χ3v) is 6.16. The number of hydrogen-bond acceptors (Lipinski definition) is 5. The van der Waals surface area contributed by atoms with E-state index in [4.69, 9.17) is 16.3 Å². The normalized spacial score (nSPS) is 17.5. The van der Waals surface area contributed by atoms with Crippen molar-refractivity contribution >= 4 is 34.8 Å². The minimum Gasteiger partial charge on any atom is -0.491 e. The smallest absolute Gasteiger partial charge is 0.238 e. The first kappa shape index (κ1) is 22.6. The van der Waals surface area contributed by atoms with Gasteiger partial charge in [0.2, 0.25) is 11.8 Å². The summed E-state index contributed by atoms with van der Waals surface area (Å²) in [6.07, 6.45) is 1.47. The Bertz CT molecular complexity index is 946. The zero-order valence-electron chi connectivity index (χ0n) is 18.1. The van der Waals surface area contributed by atoms with Crippen LogP contribution in [-0.4, -0.2) is 74.0 Å². The van der Waals surface area contributed by atoms with Crippen molar-refractivity contribution in [2.45, 2.75) is 12.8 Å². The fourth-order valence-corrected chi connectivity index (χ4v) is 4.28. The van der Waals surface area contributed by atoms with E-state index in [1.807, 2.05) is 48.5 Å². The van der Waals surface area contributed by atoms with Gasteiger partial charge in [-0.3, -0.25) is 19.4 Å². The SMILES string of the molecule is O=C(CN1CCN(CCOc2ccccc2Cl)CC1)Nc1cccc(N2CCCC2=O)c1. The molecule has 2 saturated heterocycles. The van der Waals surface area contributed by atoms with Crippen LogP contribution in [0.5, 0.6) is 5.75 Å². The summed E-state index contributed by atoms with van der Waals surface area (Å²) in [6.45, 7) is 5.97. The standard InChI is InChI=1S/C24H29ClN4O3/c25-21-7-1-2-8-22(21)32-16-15-27-11-13-28(14-12-27)18-23(30)26-19-5-3-6-20(17-19)29-10-4-9-24(29)31/h1-3,5-8,17H,4,9-16,18H2,(H,26,30). The molecule has 0 saturated carbocycles. The molecule has 0 aliphatic carbocycles. The summed E-state index contributed by atoms with van der Waals surface area (Å²) < 4.78 is 5.77. The van der Waals surface area contributed by atoms with E-state index < -0.39 is 0 Å². The maximum atomic E-state index is 12.5. The molecule has 0 bridgehead atoms. The van der Waals surface area contributed by atoms with Gasteiger partial charge in [-0.15, -0.1) is 0 Å². The first-order chi connectivity index (χ1) is 15.6. The van der Waals surface area contributed by atoms with Crippen molar-refractivity contribution < 1.29 is 14.3 Å². The Morgan fingerprint density at radius 3 is 2.53 bits per heavy atom. The maximum absolute atomic E-state index is 12.5. The summed E-state index contributed by atoms with van der Waals surface area (Å²) >= 11 is 6.12. The van der Waals surface area contributed by atoms with Crippen molar-refractivity contribution in [2.75, 3.05) is 62.6 Å². The first-order valence-electron chi connectivity index (χ1n) is 11.1. The fourth-order valence-electron chi connectivity index (χ4n) is 4.09. The molecule has 8 heteroatoms. The Morgan fingerprint density at radius 2 is 1.78 bits per heavy atom. The van der Waals surface area contributed by atoms with Gasteiger partial charge in [0.15, 0.2) is 0 Å². The number of hydrogen-bond donors (Lipinski definition) is 1. The van der Waals surface area contributed by atoms with Gasteiger partial charge >= 0.3 is 0 Å². The first-order valence-corrected chi connectivity index (χ1v) is 11.5. The number of carbonyl (C=O) groups excluding carboxylic acids is 2. The summed E-state index contributed by atoms with van der Waals surface area (Å²) in [6, 6.07) is 15.0. The molecule has 0 unspecified atom stereocenters. The summed E-state index contributed by atoms with van der Waals surface area (Å²) in [5, 5.41) is 3.60. The Labute approximate surface area is 193 Å². The lowest BCUT2D eigenvalue weighted by molar-refractivity contribution is -0.118. The monoisotopic (exact) mass is 456 g/mol. The Kier molecular flexibility index (Phi) is 7.63. The van der Waals surface area contributed by atoms with Crippen LogP contribution in [0.1, 0.15) is 12.8 Å². The fraction of sp³-hybridized carbons (Fsp3) is 0.417. The molecule has 0 radical (unpaired) electrons. The van der Waals surface area contributed by atoms with Crippen molar-refractivity contribution in [1.82, 2.24) is 9.80 Å². The number of carbonyl (C=O) groups is 2. The zero-order valence-corrected chi connectivity index (χ0v) is 18.9. The summed E-state index contributed by atoms with van der Waals surface area (Å²) in [4.78, 5) is 30.8. The molecule has 170 valence electrons. The highest BCUT2D eigenvalue weighted by atomic mass is 35.5. The van der Waals surface area contributed by atoms with Crippen LogP contribution in [0.4, 0.5) is 11.4 Å². The van der Waals surface area contributed by atoms with E-state index in [9.17, 15) is 9.59 Å². The van der Waals surface area contributed by atoms with Gasteiger partial charge in [-0.2, -0.15) is 0 Å². The Morgan fingerprint density at radius 1 is 1.00 bits per heavy atom. The third kappa shape index (κ3) is 6.00. The molecular formula is C24H29ClN4O3. The molecule has 2 aliphatic rings. The van der Waals surface area contributed by atoms with E-state index in [-0.39, 0.29) is 11.8 Å². The second kappa shape index (κ2) is 10.8. The van der Waals surface area contributed by atoms with Crippen LogP contribution in [-0.2, 0) is 9.59 Å². The molecule has 2 amide bonds. The minimum absolute atomic E-state index is 0.0367. The molecule has 0 spiro atoms. The van der Waals surface area contributed by atoms with Crippen molar-refractivity contribution in [3.8, 4) is 5.75 Å². The predicted molar refractivity (Wildman–Crippen MR) is 126 cm³/mol. The van der Waals surface area contributed by atoms with E-state index in [2.05, 4.69) is 15.1 Å². The third-order valence-electron chi connectivity index (χ3n) is 5.85. The molecule has 1 N–H and O–H groups in total. The molecule has 4 rings (SSSR count). The van der Waals surface area contributed by atoms with Crippen molar-refractivity contribution in [2.24, 2.45) is 0 Å². The number of halogens is 1. The number of amides is 2. The Balaban J connectivity index is 1.18. The lowest BCUT2D eigenvalue weighted by Gasteiger charge is -2.34. The molecule has 0 aromatic heterocycles. The average Bonchev–Trinajstić information content (AvgIpc) is 3.22. The molecule has 2 aliphatic heterocycles. The van der Waals surface area contributed by atoms with Crippen molar-refractivity contribution in [1.29, 1.82) is 0 Å². The van der Waals surface area contributed by atoms with E-state index in [1.165, 1.54) is 0 Å². The zero-order chi connectivity index (χ0) is 22.3. The van der Waals surface area contributed by atoms with E-state index in [0.717, 1.165) is 57.1 Å². The Hall–Kier alpha value is -2.61. The molecule has 2 aromatic carbocycles. The number of para-hydroxylation sites is 1. The number of rotatable bonds is 8. The number of anilines is 2. The number of piperazine rings is 1. The minimum atomic E-state index is -0.0367. The number of benzene rings is 2. The van der Waals surface area contributed by atoms with Gasteiger partial charge in [-0.1, -0.05) is 29.8 Å². The van der Waals surface area contributed by atoms with Crippen LogP contribution in [0.25, 0.3) is 0 Å². The molecule has 2 heterocycles. The highest BCUT2D eigenvalue weighted by molar-refractivity contribution is 6.32. The van der Waals surface area contributed by atoms with Crippen molar-refractivity contribution in [3.05, 3.63) is 53.6 Å². The lowest BCUT2D eigenvalue weighted by Crippen LogP contribution is -2.49. The number of nitrogens with one attached hydrogen (secondary N) is 1. The summed E-state index contributed by atoms with van der Waals surface area (Å²) in [5.41, 5.74) is 1.57. The second-order valence-electron chi connectivity index (χ2n) is 8.14. The van der Waals surface area contributed by atoms with Gasteiger partial charge < -0.3 is 15.0 Å². The second-order valence-corrected chi connectivity index (χ2v) is 8.55. The number of nitrogens with zero attached hydrogens (tertiary/aromatic N) is 3. The predicted octanol–water partition coefficient (Wildman–Crippen LogP) is 3.10. The molecule has 7 nitrogen and oxygen atoms in total. The van der Waals surface area contributed by atoms with Crippen LogP contribution in [0.2, 0.25) is 5.02 Å². The van der Waals surface area contributed by atoms with Crippen LogP contribution in [0.3, 0.4) is 0 Å². The number of ether oxygens (including phenoxy) is 1. The van der Waals surface area contributed by atoms with Gasteiger partial charge in [0.25, 0.3) is 0 Å². The average molecular weight is 457 g/mol. The molecule has 32 heavy (non-hydrogen) atoms. The largest absolute Gasteiger partial charge is 0.491 e. The van der Waals surface area contributed by atoms with Gasteiger partial charge in [0, 0.05) is 57.1 Å². The van der Waals surface area contributed by atoms with Crippen LogP contribution < -0.4 is 15.0 Å². The topological polar surface area (TPSA) is 65.1 Å². The molecule has 2 aromatic rings. The lowest BCUT2D eigenvalue weighted by atomic mass is 10.2. The van der Waals surface area contributed by atoms with E-state index >= 15 is 0 Å². The van der Waals surface area contributed by atoms with Crippen LogP contribution in [0.15, 0.2) is 48.5 Å². The van der Waals surface area contributed by atoms with Gasteiger partial charge in [-0.25, -0.2) is 0 Å². The van der Waals surface area contributed by atoms with Crippen molar-refractivity contribution in [3.63, 3.8) is 0 Å². The van der Waals surface area contributed by atoms with Crippen LogP contribution in [0, 0.1) is 0 Å². The highest BCUT2D eigenvalue weighted by Gasteiger charge is 2.22. The van der Waals surface area contributed by atoms with Gasteiger partial charge in [0.1, 0.15) is 12.4 Å². The van der Waals surface area contributed by atoms with Gasteiger partial charge in [0.05, 0.1) is 11.6 Å². The summed E-state index contributed by atoms with van der Waals surface area (Å²) in [7, 11) is 0. The molecule has 0 atom stereocenters. The highest BCUT2D eigenvalue weighted by Crippen LogP contribution is 2.24. The van der Waals surface area contributed by atoms with Crippen LogP contribution >= 0.6 is 11.6 Å². The molecular weight excluding hydrogens is 428 g/mol. The van der Waals surface area contributed by atoms with E-state index in [0.29, 0.717) is 30.3 Å². The quantitative estimate of drug-likeness (QED) is 0.661.